The van der Waals surface area contributed by atoms with Crippen molar-refractivity contribution in [1.82, 2.24) is 0 Å². The van der Waals surface area contributed by atoms with Crippen molar-refractivity contribution in [1.29, 1.82) is 0 Å². The molecule has 1 aliphatic heterocycles. The summed E-state index contributed by atoms with van der Waals surface area (Å²) in [4.78, 5) is 1.36. The summed E-state index contributed by atoms with van der Waals surface area (Å²) in [6.07, 6.45) is -4.34. The lowest BCUT2D eigenvalue weighted by Crippen LogP contribution is -2.27. The first-order chi connectivity index (χ1) is 8.84. The van der Waals surface area contributed by atoms with Crippen LogP contribution in [-0.2, 0) is 0 Å². The molecule has 1 aromatic carbocycles. The second kappa shape index (κ2) is 4.86. The maximum Gasteiger partial charge on any atom is 0.393 e. The van der Waals surface area contributed by atoms with Crippen molar-refractivity contribution in [3.8, 4) is 5.75 Å². The number of nitrogens with zero attached hydrogens (tertiary/aromatic N) is 1. The molecule has 0 bridgehead atoms. The highest BCUT2D eigenvalue weighted by Gasteiger charge is 2.44. The number of benzene rings is 1. The number of hydrogen-bond donors (Lipinski definition) is 0. The van der Waals surface area contributed by atoms with Crippen molar-refractivity contribution in [3.05, 3.63) is 23.8 Å². The van der Waals surface area contributed by atoms with Crippen LogP contribution in [0.1, 0.15) is 6.42 Å². The van der Waals surface area contributed by atoms with E-state index in [4.69, 9.17) is 4.74 Å². The average molecular weight is 281 g/mol. The van der Waals surface area contributed by atoms with Crippen LogP contribution in [0.5, 0.6) is 5.75 Å². The van der Waals surface area contributed by atoms with E-state index in [9.17, 15) is 22.0 Å². The van der Waals surface area contributed by atoms with Gasteiger partial charge in [0, 0.05) is 13.1 Å². The number of ether oxygens (including phenoxy) is 1. The standard InChI is InChI=1S/C12H12F5NO/c1-19-11-9(3-2-8(13)10(11)14)18-5-4-7(6-18)12(15,16)17/h2-3,7H,4-6H2,1H3/t7-/m1/s1. The minimum atomic E-state index is -4.28. The molecule has 106 valence electrons. The van der Waals surface area contributed by atoms with Gasteiger partial charge in [0.15, 0.2) is 11.6 Å². The smallest absolute Gasteiger partial charge is 0.393 e. The lowest BCUT2D eigenvalue weighted by atomic mass is 10.1. The molecule has 2 rings (SSSR count). The van der Waals surface area contributed by atoms with Gasteiger partial charge in [0.05, 0.1) is 18.7 Å². The van der Waals surface area contributed by atoms with Gasteiger partial charge < -0.3 is 9.64 Å². The van der Waals surface area contributed by atoms with Crippen LogP contribution in [0, 0.1) is 17.6 Å². The molecule has 0 amide bonds. The van der Waals surface area contributed by atoms with Gasteiger partial charge in [-0.3, -0.25) is 0 Å². The van der Waals surface area contributed by atoms with Crippen LogP contribution >= 0.6 is 0 Å². The average Bonchev–Trinajstić information content (AvgIpc) is 2.81. The van der Waals surface area contributed by atoms with Gasteiger partial charge in [-0.05, 0) is 18.6 Å². The largest absolute Gasteiger partial charge is 0.491 e. The Morgan fingerprint density at radius 3 is 2.47 bits per heavy atom. The predicted octanol–water partition coefficient (Wildman–Crippen LogP) is 3.36. The molecule has 1 heterocycles. The molecule has 0 aliphatic carbocycles. The second-order valence-electron chi connectivity index (χ2n) is 4.39. The molecule has 7 heteroatoms. The van der Waals surface area contributed by atoms with Gasteiger partial charge in [-0.25, -0.2) is 4.39 Å². The Morgan fingerprint density at radius 2 is 1.95 bits per heavy atom. The lowest BCUT2D eigenvalue weighted by molar-refractivity contribution is -0.168. The van der Waals surface area contributed by atoms with Crippen LogP contribution in [0.2, 0.25) is 0 Å². The van der Waals surface area contributed by atoms with Crippen LogP contribution < -0.4 is 9.64 Å². The zero-order valence-corrected chi connectivity index (χ0v) is 10.1. The summed E-state index contributed by atoms with van der Waals surface area (Å²) in [5.41, 5.74) is 0.146. The van der Waals surface area contributed by atoms with Gasteiger partial charge in [-0.15, -0.1) is 0 Å². The fraction of sp³-hybridized carbons (Fsp3) is 0.500. The first kappa shape index (κ1) is 13.9. The monoisotopic (exact) mass is 281 g/mol. The van der Waals surface area contributed by atoms with Crippen molar-refractivity contribution in [3.63, 3.8) is 0 Å². The Hall–Kier alpha value is -1.53. The quantitative estimate of drug-likeness (QED) is 0.771. The van der Waals surface area contributed by atoms with Crippen LogP contribution in [-0.4, -0.2) is 26.4 Å². The third kappa shape index (κ3) is 2.59. The summed E-state index contributed by atoms with van der Waals surface area (Å²) in [7, 11) is 1.15. The molecule has 0 spiro atoms. The Morgan fingerprint density at radius 1 is 1.26 bits per heavy atom. The van der Waals surface area contributed by atoms with E-state index >= 15 is 0 Å². The minimum Gasteiger partial charge on any atom is -0.491 e. The normalized spacial score (nSPS) is 19.9. The fourth-order valence-corrected chi connectivity index (χ4v) is 2.21. The molecule has 1 saturated heterocycles. The van der Waals surface area contributed by atoms with Crippen molar-refractivity contribution in [2.75, 3.05) is 25.1 Å². The van der Waals surface area contributed by atoms with Crippen LogP contribution in [0.25, 0.3) is 0 Å². The maximum absolute atomic E-state index is 13.5. The topological polar surface area (TPSA) is 12.5 Å². The maximum atomic E-state index is 13.5. The van der Waals surface area contributed by atoms with Gasteiger partial charge in [-0.1, -0.05) is 0 Å². The summed E-state index contributed by atoms with van der Waals surface area (Å²) in [5, 5.41) is 0. The summed E-state index contributed by atoms with van der Waals surface area (Å²) in [5.74, 6) is -4.09. The lowest BCUT2D eigenvalue weighted by Gasteiger charge is -2.22. The van der Waals surface area contributed by atoms with Gasteiger partial charge in [0.25, 0.3) is 0 Å². The summed E-state index contributed by atoms with van der Waals surface area (Å²) in [6, 6.07) is 2.12. The third-order valence-electron chi connectivity index (χ3n) is 3.23. The Labute approximate surface area is 106 Å². The van der Waals surface area contributed by atoms with Gasteiger partial charge >= 0.3 is 6.18 Å². The number of methoxy groups -OCH3 is 1. The molecule has 1 aliphatic rings. The fourth-order valence-electron chi connectivity index (χ4n) is 2.21. The molecule has 0 N–H and O–H groups in total. The molecule has 1 fully saturated rings. The molecular formula is C12H12F5NO. The first-order valence-electron chi connectivity index (χ1n) is 5.68. The van der Waals surface area contributed by atoms with Crippen molar-refractivity contribution >= 4 is 5.69 Å². The van der Waals surface area contributed by atoms with Crippen LogP contribution in [0.15, 0.2) is 12.1 Å². The number of alkyl halides is 3. The highest BCUT2D eigenvalue weighted by Crippen LogP contribution is 2.39. The number of anilines is 1. The summed E-state index contributed by atoms with van der Waals surface area (Å²) < 4.78 is 69.0. The summed E-state index contributed by atoms with van der Waals surface area (Å²) >= 11 is 0. The SMILES string of the molecule is COc1c(N2CC[C@@H](C(F)(F)F)C2)ccc(F)c1F. The zero-order valence-electron chi connectivity index (χ0n) is 10.1. The highest BCUT2D eigenvalue weighted by molar-refractivity contribution is 5.60. The van der Waals surface area contributed by atoms with E-state index in [-0.39, 0.29) is 30.9 Å². The first-order valence-corrected chi connectivity index (χ1v) is 5.68. The molecular weight excluding hydrogens is 269 g/mol. The molecule has 1 atom stereocenters. The van der Waals surface area contributed by atoms with Gasteiger partial charge in [0.1, 0.15) is 0 Å². The second-order valence-corrected chi connectivity index (χ2v) is 4.39. The Balaban J connectivity index is 2.27. The van der Waals surface area contributed by atoms with Crippen molar-refractivity contribution in [2.45, 2.75) is 12.6 Å². The van der Waals surface area contributed by atoms with Crippen LogP contribution in [0.3, 0.4) is 0 Å². The molecule has 0 unspecified atom stereocenters. The van der Waals surface area contributed by atoms with E-state index in [0.717, 1.165) is 13.2 Å². The highest BCUT2D eigenvalue weighted by atomic mass is 19.4. The Kier molecular flexibility index (Phi) is 3.56. The molecule has 0 radical (unpaired) electrons. The van der Waals surface area contributed by atoms with Crippen molar-refractivity contribution < 1.29 is 26.7 Å². The molecule has 19 heavy (non-hydrogen) atoms. The number of hydrogen-bond acceptors (Lipinski definition) is 2. The van der Waals surface area contributed by atoms with E-state index in [2.05, 4.69) is 0 Å². The van der Waals surface area contributed by atoms with E-state index in [1.54, 1.807) is 0 Å². The van der Waals surface area contributed by atoms with Crippen molar-refractivity contribution in [2.24, 2.45) is 5.92 Å². The molecule has 1 aromatic rings. The molecule has 0 aromatic heterocycles. The number of halogens is 5. The van der Waals surface area contributed by atoms with E-state index < -0.39 is 23.7 Å². The minimum absolute atomic E-state index is 0.0638. The third-order valence-corrected chi connectivity index (χ3v) is 3.23. The number of rotatable bonds is 2. The van der Waals surface area contributed by atoms with E-state index in [1.807, 2.05) is 0 Å². The predicted molar refractivity (Wildman–Crippen MR) is 59.3 cm³/mol. The van der Waals surface area contributed by atoms with Crippen LogP contribution in [0.4, 0.5) is 27.6 Å². The molecule has 2 nitrogen and oxygen atoms in total. The van der Waals surface area contributed by atoms with E-state index in [1.165, 1.54) is 11.0 Å². The zero-order chi connectivity index (χ0) is 14.2. The summed E-state index contributed by atoms with van der Waals surface area (Å²) in [6.45, 7) is -0.142. The van der Waals surface area contributed by atoms with Gasteiger partial charge in [-0.2, -0.15) is 17.6 Å². The van der Waals surface area contributed by atoms with E-state index in [0.29, 0.717) is 0 Å². The Bertz CT molecular complexity index is 474. The molecule has 0 saturated carbocycles. The van der Waals surface area contributed by atoms with Gasteiger partial charge in [0.2, 0.25) is 5.82 Å².